The third kappa shape index (κ3) is 6.98. The first kappa shape index (κ1) is 25.2. The number of aromatic nitrogens is 1. The summed E-state index contributed by atoms with van der Waals surface area (Å²) >= 11 is 5.87. The highest BCUT2D eigenvalue weighted by Gasteiger charge is 2.11. The average molecular weight is 466 g/mol. The van der Waals surface area contributed by atoms with Crippen LogP contribution in [0.1, 0.15) is 5.56 Å². The fourth-order valence-electron chi connectivity index (χ4n) is 2.68. The second kappa shape index (κ2) is 12.7. The van der Waals surface area contributed by atoms with Crippen molar-refractivity contribution in [1.29, 1.82) is 0 Å². The van der Waals surface area contributed by atoms with E-state index in [-0.39, 0.29) is 12.2 Å². The Labute approximate surface area is 190 Å². The standard InChI is InChI=1S/C22H22ClNO6.CH3F/c1-28-21-10-17(6-7-20(21)30-14-18(26)12-25)24-9-8-19(11-22(24)27)29-13-15-2-4-16(23)5-3-15;1-2/h2-11,18,25-26H,12-14H2,1H3;1H3. The molecule has 0 saturated heterocycles. The molecule has 1 unspecified atom stereocenters. The summed E-state index contributed by atoms with van der Waals surface area (Å²) in [6.07, 6.45) is 0.627. The Kier molecular flexibility index (Phi) is 10.0. The van der Waals surface area contributed by atoms with Gasteiger partial charge in [-0.05, 0) is 35.9 Å². The quantitative estimate of drug-likeness (QED) is 0.503. The van der Waals surface area contributed by atoms with Gasteiger partial charge in [-0.15, -0.1) is 0 Å². The van der Waals surface area contributed by atoms with Gasteiger partial charge in [0.15, 0.2) is 11.5 Å². The van der Waals surface area contributed by atoms with Crippen molar-refractivity contribution in [3.05, 3.63) is 81.7 Å². The van der Waals surface area contributed by atoms with Crippen molar-refractivity contribution >= 4 is 11.6 Å². The molecule has 2 N–H and O–H groups in total. The molecule has 7 nitrogen and oxygen atoms in total. The summed E-state index contributed by atoms with van der Waals surface area (Å²) in [5, 5.41) is 19.0. The fourth-order valence-corrected chi connectivity index (χ4v) is 2.80. The third-order valence-corrected chi connectivity index (χ3v) is 4.53. The van der Waals surface area contributed by atoms with Gasteiger partial charge in [0.2, 0.25) is 0 Å². The van der Waals surface area contributed by atoms with E-state index in [1.165, 1.54) is 17.7 Å². The molecule has 1 heterocycles. The second-order valence-corrected chi connectivity index (χ2v) is 6.90. The van der Waals surface area contributed by atoms with Gasteiger partial charge in [-0.1, -0.05) is 23.7 Å². The third-order valence-electron chi connectivity index (χ3n) is 4.28. The minimum absolute atomic E-state index is 0.0776. The average Bonchev–Trinajstić information content (AvgIpc) is 2.83. The number of aliphatic hydroxyl groups is 2. The molecule has 0 fully saturated rings. The van der Waals surface area contributed by atoms with Gasteiger partial charge in [0, 0.05) is 23.4 Å². The zero-order chi connectivity index (χ0) is 23.5. The minimum Gasteiger partial charge on any atom is -0.493 e. The molecule has 0 aliphatic rings. The molecule has 0 spiro atoms. The van der Waals surface area contributed by atoms with E-state index in [0.29, 0.717) is 41.7 Å². The molecule has 2 aromatic carbocycles. The molecule has 0 bridgehead atoms. The molecule has 0 amide bonds. The Bertz CT molecular complexity index is 1040. The van der Waals surface area contributed by atoms with E-state index in [4.69, 9.17) is 30.9 Å². The number of hydrogen-bond donors (Lipinski definition) is 2. The predicted octanol–water partition coefficient (Wildman–Crippen LogP) is 3.40. The Hall–Kier alpha value is -3.07. The van der Waals surface area contributed by atoms with Crippen LogP contribution in [0.3, 0.4) is 0 Å². The molecule has 1 atom stereocenters. The number of alkyl halides is 1. The van der Waals surface area contributed by atoms with Gasteiger partial charge in [0.1, 0.15) is 25.1 Å². The van der Waals surface area contributed by atoms with Gasteiger partial charge in [-0.2, -0.15) is 0 Å². The van der Waals surface area contributed by atoms with Crippen LogP contribution < -0.4 is 19.8 Å². The fraction of sp³-hybridized carbons (Fsp3) is 0.261. The molecular weight excluding hydrogens is 441 g/mol. The lowest BCUT2D eigenvalue weighted by Gasteiger charge is -2.15. The highest BCUT2D eigenvalue weighted by Crippen LogP contribution is 2.29. The van der Waals surface area contributed by atoms with Crippen LogP contribution >= 0.6 is 11.6 Å². The van der Waals surface area contributed by atoms with E-state index in [1.807, 2.05) is 12.1 Å². The zero-order valence-corrected chi connectivity index (χ0v) is 18.5. The summed E-state index contributed by atoms with van der Waals surface area (Å²) in [5.74, 6) is 1.24. The van der Waals surface area contributed by atoms with E-state index in [1.54, 1.807) is 42.6 Å². The molecule has 9 heteroatoms. The number of benzene rings is 2. The Morgan fingerprint density at radius 3 is 2.38 bits per heavy atom. The number of rotatable bonds is 9. The molecular formula is C23H25ClFNO6. The topological polar surface area (TPSA) is 90.2 Å². The first-order valence-corrected chi connectivity index (χ1v) is 9.96. The number of nitrogens with zero attached hydrogens (tertiary/aromatic N) is 1. The van der Waals surface area contributed by atoms with Crippen LogP contribution in [0.4, 0.5) is 4.39 Å². The molecule has 0 saturated carbocycles. The summed E-state index contributed by atoms with van der Waals surface area (Å²) in [7, 11) is 1.98. The van der Waals surface area contributed by atoms with Gasteiger partial charge in [-0.25, -0.2) is 0 Å². The first-order valence-electron chi connectivity index (χ1n) is 9.58. The molecule has 1 aromatic heterocycles. The summed E-state index contributed by atoms with van der Waals surface area (Å²) < 4.78 is 27.4. The summed E-state index contributed by atoms with van der Waals surface area (Å²) in [6.45, 7) is -0.159. The van der Waals surface area contributed by atoms with Crippen LogP contribution in [0.15, 0.2) is 65.6 Å². The zero-order valence-electron chi connectivity index (χ0n) is 17.7. The molecule has 0 radical (unpaired) electrons. The molecule has 0 aliphatic heterocycles. The number of hydrogen-bond acceptors (Lipinski definition) is 6. The van der Waals surface area contributed by atoms with Crippen molar-refractivity contribution < 1.29 is 28.8 Å². The van der Waals surface area contributed by atoms with E-state index in [9.17, 15) is 14.3 Å². The van der Waals surface area contributed by atoms with Crippen LogP contribution in [0.25, 0.3) is 5.69 Å². The molecule has 32 heavy (non-hydrogen) atoms. The van der Waals surface area contributed by atoms with E-state index >= 15 is 0 Å². The maximum Gasteiger partial charge on any atom is 0.258 e. The lowest BCUT2D eigenvalue weighted by atomic mass is 10.2. The number of ether oxygens (including phenoxy) is 3. The smallest absolute Gasteiger partial charge is 0.258 e. The Morgan fingerprint density at radius 2 is 1.75 bits per heavy atom. The van der Waals surface area contributed by atoms with E-state index < -0.39 is 12.7 Å². The van der Waals surface area contributed by atoms with Crippen LogP contribution in [0.2, 0.25) is 5.02 Å². The number of pyridine rings is 1. The van der Waals surface area contributed by atoms with E-state index in [2.05, 4.69) is 0 Å². The highest BCUT2D eigenvalue weighted by atomic mass is 35.5. The molecule has 3 aromatic rings. The van der Waals surface area contributed by atoms with Crippen molar-refractivity contribution in [2.45, 2.75) is 12.7 Å². The molecule has 172 valence electrons. The summed E-state index contributed by atoms with van der Waals surface area (Å²) in [6, 6.07) is 15.4. The van der Waals surface area contributed by atoms with Gasteiger partial charge in [0.05, 0.1) is 26.6 Å². The number of aliphatic hydroxyl groups excluding tert-OH is 2. The number of halogens is 2. The van der Waals surface area contributed by atoms with Crippen LogP contribution in [-0.4, -0.2) is 48.4 Å². The normalized spacial score (nSPS) is 11.2. The minimum atomic E-state index is -0.989. The highest BCUT2D eigenvalue weighted by molar-refractivity contribution is 6.30. The maximum absolute atomic E-state index is 12.6. The Morgan fingerprint density at radius 1 is 1.03 bits per heavy atom. The first-order chi connectivity index (χ1) is 15.5. The molecule has 3 rings (SSSR count). The van der Waals surface area contributed by atoms with Crippen molar-refractivity contribution in [2.24, 2.45) is 0 Å². The van der Waals surface area contributed by atoms with Crippen LogP contribution in [0.5, 0.6) is 17.2 Å². The molecule has 0 aliphatic carbocycles. The van der Waals surface area contributed by atoms with Gasteiger partial charge >= 0.3 is 0 Å². The van der Waals surface area contributed by atoms with Gasteiger partial charge in [0.25, 0.3) is 5.56 Å². The monoisotopic (exact) mass is 465 g/mol. The van der Waals surface area contributed by atoms with Crippen molar-refractivity contribution in [3.63, 3.8) is 0 Å². The van der Waals surface area contributed by atoms with Gasteiger partial charge < -0.3 is 24.4 Å². The van der Waals surface area contributed by atoms with E-state index in [0.717, 1.165) is 5.56 Å². The largest absolute Gasteiger partial charge is 0.493 e. The van der Waals surface area contributed by atoms with Crippen molar-refractivity contribution in [3.8, 4) is 22.9 Å². The lowest BCUT2D eigenvalue weighted by Crippen LogP contribution is -2.21. The van der Waals surface area contributed by atoms with Crippen molar-refractivity contribution in [1.82, 2.24) is 4.57 Å². The predicted molar refractivity (Wildman–Crippen MR) is 120 cm³/mol. The SMILES string of the molecule is CF.COc1cc(-n2ccc(OCc3ccc(Cl)cc3)cc2=O)ccc1OCC(O)CO. The Balaban J connectivity index is 0.00000176. The summed E-state index contributed by atoms with van der Waals surface area (Å²) in [4.78, 5) is 12.6. The lowest BCUT2D eigenvalue weighted by molar-refractivity contribution is 0.0527. The van der Waals surface area contributed by atoms with Crippen molar-refractivity contribution in [2.75, 3.05) is 27.5 Å². The second-order valence-electron chi connectivity index (χ2n) is 6.47. The summed E-state index contributed by atoms with van der Waals surface area (Å²) in [5.41, 5.74) is 1.25. The van der Waals surface area contributed by atoms with Crippen LogP contribution in [0, 0.1) is 0 Å². The maximum atomic E-state index is 12.6. The van der Waals surface area contributed by atoms with Gasteiger partial charge in [-0.3, -0.25) is 13.8 Å². The van der Waals surface area contributed by atoms with Crippen LogP contribution in [-0.2, 0) is 6.61 Å². The number of methoxy groups -OCH3 is 1.